The zero-order valence-corrected chi connectivity index (χ0v) is 13.1. The third-order valence-corrected chi connectivity index (χ3v) is 3.54. The van der Waals surface area contributed by atoms with Gasteiger partial charge in [0.2, 0.25) is 0 Å². The predicted octanol–water partition coefficient (Wildman–Crippen LogP) is 4.37. The van der Waals surface area contributed by atoms with Crippen LogP contribution in [0.3, 0.4) is 0 Å². The smallest absolute Gasteiger partial charge is 0.119 e. The van der Waals surface area contributed by atoms with E-state index in [4.69, 9.17) is 4.74 Å². The molecule has 2 heteroatoms. The third-order valence-electron chi connectivity index (χ3n) is 3.54. The van der Waals surface area contributed by atoms with Crippen molar-refractivity contribution in [3.8, 4) is 0 Å². The normalized spacial score (nSPS) is 16.1. The van der Waals surface area contributed by atoms with E-state index in [-0.39, 0.29) is 5.41 Å². The van der Waals surface area contributed by atoms with Crippen LogP contribution in [0.4, 0.5) is 5.69 Å². The van der Waals surface area contributed by atoms with Crippen LogP contribution < -0.4 is 4.90 Å². The van der Waals surface area contributed by atoms with Crippen LogP contribution >= 0.6 is 0 Å². The van der Waals surface area contributed by atoms with Crippen molar-refractivity contribution in [2.75, 3.05) is 24.8 Å². The summed E-state index contributed by atoms with van der Waals surface area (Å²) in [6, 6.07) is 6.72. The van der Waals surface area contributed by atoms with Gasteiger partial charge in [-0.15, -0.1) is 0 Å². The van der Waals surface area contributed by atoms with E-state index in [1.165, 1.54) is 16.8 Å². The zero-order valence-electron chi connectivity index (χ0n) is 13.1. The number of hydrogen-bond acceptors (Lipinski definition) is 2. The van der Waals surface area contributed by atoms with E-state index in [1.54, 1.807) is 0 Å². The molecule has 0 atom stereocenters. The number of ether oxygens (including phenoxy) is 1. The highest BCUT2D eigenvalue weighted by molar-refractivity contribution is 5.70. The summed E-state index contributed by atoms with van der Waals surface area (Å²) in [4.78, 5) is 2.30. The van der Waals surface area contributed by atoms with E-state index in [0.29, 0.717) is 6.73 Å². The first kappa shape index (κ1) is 14.9. The van der Waals surface area contributed by atoms with Crippen molar-refractivity contribution in [3.63, 3.8) is 0 Å². The molecule has 1 aliphatic rings. The fourth-order valence-corrected chi connectivity index (χ4v) is 2.26. The molecule has 108 valence electrons. The van der Waals surface area contributed by atoms with Crippen molar-refractivity contribution in [3.05, 3.63) is 47.6 Å². The Bertz CT molecular complexity index is 517. The van der Waals surface area contributed by atoms with Gasteiger partial charge in [-0.2, -0.15) is 0 Å². The molecule has 0 aliphatic carbocycles. The minimum absolute atomic E-state index is 0.159. The molecule has 2 nitrogen and oxygen atoms in total. The number of benzene rings is 1. The Morgan fingerprint density at radius 1 is 1.35 bits per heavy atom. The molecule has 1 fully saturated rings. The fraction of sp³-hybridized carbons (Fsp3) is 0.444. The highest BCUT2D eigenvalue weighted by atomic mass is 16.5. The Hall–Kier alpha value is -1.54. The molecule has 0 aromatic heterocycles. The molecule has 0 spiro atoms. The Labute approximate surface area is 122 Å². The molecule has 1 aromatic rings. The van der Waals surface area contributed by atoms with E-state index in [9.17, 15) is 0 Å². The average Bonchev–Trinajstić information content (AvgIpc) is 2.88. The van der Waals surface area contributed by atoms with E-state index in [2.05, 4.69) is 62.6 Å². The van der Waals surface area contributed by atoms with Crippen LogP contribution in [0.5, 0.6) is 0 Å². The van der Waals surface area contributed by atoms with Crippen molar-refractivity contribution < 1.29 is 4.74 Å². The summed E-state index contributed by atoms with van der Waals surface area (Å²) in [6.07, 6.45) is 4.20. The number of hydrogen-bond donors (Lipinski definition) is 0. The molecule has 1 aliphatic heterocycles. The monoisotopic (exact) mass is 271 g/mol. The van der Waals surface area contributed by atoms with Gasteiger partial charge in [-0.1, -0.05) is 57.2 Å². The lowest BCUT2D eigenvalue weighted by molar-refractivity contribution is 0.201. The minimum atomic E-state index is 0.159. The van der Waals surface area contributed by atoms with Crippen molar-refractivity contribution >= 4 is 11.8 Å². The zero-order chi connectivity index (χ0) is 14.8. The van der Waals surface area contributed by atoms with E-state index < -0.39 is 0 Å². The minimum Gasteiger partial charge on any atom is -0.359 e. The Morgan fingerprint density at radius 2 is 2.10 bits per heavy atom. The lowest BCUT2D eigenvalue weighted by Crippen LogP contribution is -2.21. The first-order valence-electron chi connectivity index (χ1n) is 7.19. The van der Waals surface area contributed by atoms with Gasteiger partial charge in [0.1, 0.15) is 6.73 Å². The van der Waals surface area contributed by atoms with Crippen LogP contribution in [0.15, 0.2) is 36.4 Å². The third kappa shape index (κ3) is 3.51. The maximum Gasteiger partial charge on any atom is 0.119 e. The summed E-state index contributed by atoms with van der Waals surface area (Å²) in [5.41, 5.74) is 5.06. The molecular formula is C18H25NO. The number of rotatable bonds is 3. The molecule has 1 aromatic carbocycles. The Kier molecular flexibility index (Phi) is 4.34. The Morgan fingerprint density at radius 3 is 2.65 bits per heavy atom. The van der Waals surface area contributed by atoms with Gasteiger partial charge in [0, 0.05) is 12.2 Å². The molecule has 2 rings (SSSR count). The molecule has 0 radical (unpaired) electrons. The van der Waals surface area contributed by atoms with Gasteiger partial charge in [-0.25, -0.2) is 0 Å². The second kappa shape index (κ2) is 5.84. The van der Waals surface area contributed by atoms with Crippen molar-refractivity contribution in [1.82, 2.24) is 0 Å². The SMILES string of the molecule is C=C(C)/C=C/c1ccc(C(C)(C)C)cc1N1CCOC1. The van der Waals surface area contributed by atoms with Crippen molar-refractivity contribution in [2.24, 2.45) is 0 Å². The molecule has 0 saturated carbocycles. The fourth-order valence-electron chi connectivity index (χ4n) is 2.26. The lowest BCUT2D eigenvalue weighted by Gasteiger charge is -2.24. The molecule has 0 bridgehead atoms. The highest BCUT2D eigenvalue weighted by Gasteiger charge is 2.19. The molecule has 0 amide bonds. The van der Waals surface area contributed by atoms with Gasteiger partial charge >= 0.3 is 0 Å². The first-order chi connectivity index (χ1) is 9.38. The topological polar surface area (TPSA) is 12.5 Å². The summed E-state index contributed by atoms with van der Waals surface area (Å²) in [6.45, 7) is 15.1. The van der Waals surface area contributed by atoms with Gasteiger partial charge in [0.15, 0.2) is 0 Å². The lowest BCUT2D eigenvalue weighted by atomic mass is 9.86. The van der Waals surface area contributed by atoms with Gasteiger partial charge in [0.25, 0.3) is 0 Å². The van der Waals surface area contributed by atoms with Gasteiger partial charge in [-0.05, 0) is 29.5 Å². The van der Waals surface area contributed by atoms with E-state index in [0.717, 1.165) is 18.7 Å². The van der Waals surface area contributed by atoms with Crippen LogP contribution in [0.2, 0.25) is 0 Å². The summed E-state index contributed by atoms with van der Waals surface area (Å²) < 4.78 is 5.50. The predicted molar refractivity (Wildman–Crippen MR) is 87.2 cm³/mol. The number of nitrogens with zero attached hydrogens (tertiary/aromatic N) is 1. The molecular weight excluding hydrogens is 246 g/mol. The quantitative estimate of drug-likeness (QED) is 0.757. The largest absolute Gasteiger partial charge is 0.359 e. The standard InChI is InChI=1S/C18H25NO/c1-14(2)6-7-15-8-9-16(18(3,4)5)12-17(15)19-10-11-20-13-19/h6-9,12H,1,10-11,13H2,2-5H3/b7-6+. The van der Waals surface area contributed by atoms with Crippen molar-refractivity contribution in [1.29, 1.82) is 0 Å². The van der Waals surface area contributed by atoms with Crippen LogP contribution in [0.25, 0.3) is 6.08 Å². The van der Waals surface area contributed by atoms with Crippen LogP contribution in [-0.2, 0) is 10.2 Å². The van der Waals surface area contributed by atoms with Crippen LogP contribution in [0, 0.1) is 0 Å². The molecule has 1 heterocycles. The molecule has 0 N–H and O–H groups in total. The summed E-state index contributed by atoms with van der Waals surface area (Å²) in [7, 11) is 0. The molecule has 1 saturated heterocycles. The number of anilines is 1. The summed E-state index contributed by atoms with van der Waals surface area (Å²) in [5, 5.41) is 0. The van der Waals surface area contributed by atoms with Crippen LogP contribution in [0.1, 0.15) is 38.8 Å². The number of allylic oxidation sites excluding steroid dienone is 2. The van der Waals surface area contributed by atoms with Gasteiger partial charge in [-0.3, -0.25) is 0 Å². The van der Waals surface area contributed by atoms with Gasteiger partial charge in [0.05, 0.1) is 6.61 Å². The van der Waals surface area contributed by atoms with Crippen molar-refractivity contribution in [2.45, 2.75) is 33.1 Å². The van der Waals surface area contributed by atoms with E-state index in [1.807, 2.05) is 6.92 Å². The Balaban J connectivity index is 2.42. The summed E-state index contributed by atoms with van der Waals surface area (Å²) >= 11 is 0. The maximum atomic E-state index is 5.50. The maximum absolute atomic E-state index is 5.50. The molecule has 0 unspecified atom stereocenters. The van der Waals surface area contributed by atoms with Gasteiger partial charge < -0.3 is 9.64 Å². The van der Waals surface area contributed by atoms with E-state index >= 15 is 0 Å². The van der Waals surface area contributed by atoms with Crippen LogP contribution in [-0.4, -0.2) is 19.9 Å². The second-order valence-corrected chi connectivity index (χ2v) is 6.50. The average molecular weight is 271 g/mol. The first-order valence-corrected chi connectivity index (χ1v) is 7.19. The second-order valence-electron chi connectivity index (χ2n) is 6.50. The highest BCUT2D eigenvalue weighted by Crippen LogP contribution is 2.31. The molecule has 20 heavy (non-hydrogen) atoms. The summed E-state index contributed by atoms with van der Waals surface area (Å²) in [5.74, 6) is 0.